The maximum atomic E-state index is 12.3. The van der Waals surface area contributed by atoms with Gasteiger partial charge < -0.3 is 10.8 Å². The Morgan fingerprint density at radius 2 is 1.67 bits per heavy atom. The first-order valence-electron chi connectivity index (χ1n) is 7.15. The molecule has 0 saturated carbocycles. The molecule has 0 radical (unpaired) electrons. The third-order valence-corrected chi connectivity index (χ3v) is 4.17. The van der Waals surface area contributed by atoms with Crippen LogP contribution in [0.2, 0.25) is 5.02 Å². The molecule has 3 rings (SSSR count). The van der Waals surface area contributed by atoms with E-state index in [4.69, 9.17) is 17.3 Å². The molecule has 0 fully saturated rings. The van der Waals surface area contributed by atoms with Crippen LogP contribution in [0.4, 0.5) is 0 Å². The predicted octanol–water partition coefficient (Wildman–Crippen LogP) is 2.63. The second-order valence-corrected chi connectivity index (χ2v) is 5.91. The molecule has 0 bridgehead atoms. The first kappa shape index (κ1) is 18.3. The van der Waals surface area contributed by atoms with E-state index >= 15 is 0 Å². The van der Waals surface area contributed by atoms with Crippen LogP contribution in [0, 0.1) is 0 Å². The van der Waals surface area contributed by atoms with Crippen molar-refractivity contribution in [3.8, 4) is 5.75 Å². The Morgan fingerprint density at radius 3 is 2.21 bits per heavy atom. The number of nitrogens with zero attached hydrogens (tertiary/aromatic N) is 1. The summed E-state index contributed by atoms with van der Waals surface area (Å²) in [6.45, 7) is 0.115. The minimum absolute atomic E-state index is 0. The zero-order valence-corrected chi connectivity index (χ0v) is 14.2. The third kappa shape index (κ3) is 3.38. The Morgan fingerprint density at radius 1 is 1.08 bits per heavy atom. The van der Waals surface area contributed by atoms with Gasteiger partial charge in [0.15, 0.2) is 0 Å². The Bertz CT molecular complexity index is 760. The van der Waals surface area contributed by atoms with Crippen LogP contribution >= 0.6 is 24.0 Å². The van der Waals surface area contributed by atoms with Crippen molar-refractivity contribution in [2.75, 3.05) is 6.54 Å². The van der Waals surface area contributed by atoms with E-state index < -0.39 is 6.04 Å². The second-order valence-electron chi connectivity index (χ2n) is 5.51. The summed E-state index contributed by atoms with van der Waals surface area (Å²) >= 11 is 6.06. The van der Waals surface area contributed by atoms with Gasteiger partial charge in [-0.25, -0.2) is 0 Å². The number of phenolic OH excluding ortho intramolecular Hbond substituents is 1. The summed E-state index contributed by atoms with van der Waals surface area (Å²) in [6, 6.07) is 10.9. The molecular formula is C17H16Cl2N2O3. The van der Waals surface area contributed by atoms with Gasteiger partial charge in [-0.1, -0.05) is 29.8 Å². The molecule has 24 heavy (non-hydrogen) atoms. The quantitative estimate of drug-likeness (QED) is 0.814. The number of imide groups is 1. The number of hydrogen-bond acceptors (Lipinski definition) is 4. The molecule has 2 aromatic carbocycles. The average molecular weight is 367 g/mol. The van der Waals surface area contributed by atoms with Gasteiger partial charge in [-0.3, -0.25) is 14.5 Å². The van der Waals surface area contributed by atoms with Gasteiger partial charge in [0.05, 0.1) is 11.1 Å². The summed E-state index contributed by atoms with van der Waals surface area (Å²) in [5, 5.41) is 9.76. The Kier molecular flexibility index (Phi) is 5.49. The summed E-state index contributed by atoms with van der Waals surface area (Å²) in [6.07, 6.45) is 0.395. The number of carbonyl (C=O) groups is 2. The van der Waals surface area contributed by atoms with E-state index in [0.717, 1.165) is 5.56 Å². The van der Waals surface area contributed by atoms with Gasteiger partial charge >= 0.3 is 0 Å². The van der Waals surface area contributed by atoms with E-state index in [2.05, 4.69) is 0 Å². The van der Waals surface area contributed by atoms with Gasteiger partial charge in [-0.15, -0.1) is 12.4 Å². The lowest BCUT2D eigenvalue weighted by molar-refractivity contribution is 0.0644. The molecule has 126 valence electrons. The van der Waals surface area contributed by atoms with Crippen molar-refractivity contribution in [2.45, 2.75) is 12.5 Å². The van der Waals surface area contributed by atoms with Gasteiger partial charge in [0.25, 0.3) is 11.8 Å². The highest BCUT2D eigenvalue weighted by molar-refractivity contribution is 6.31. The molecule has 1 heterocycles. The number of nitrogens with two attached hydrogens (primary N) is 1. The molecule has 1 atom stereocenters. The van der Waals surface area contributed by atoms with Crippen LogP contribution in [0.15, 0.2) is 42.5 Å². The lowest BCUT2D eigenvalue weighted by Crippen LogP contribution is -2.41. The van der Waals surface area contributed by atoms with Crippen molar-refractivity contribution in [2.24, 2.45) is 5.73 Å². The first-order chi connectivity index (χ1) is 11.0. The maximum absolute atomic E-state index is 12.3. The zero-order chi connectivity index (χ0) is 16.6. The summed E-state index contributed by atoms with van der Waals surface area (Å²) in [5.41, 5.74) is 7.66. The summed E-state index contributed by atoms with van der Waals surface area (Å²) in [4.78, 5) is 25.8. The zero-order valence-electron chi connectivity index (χ0n) is 12.6. The highest BCUT2D eigenvalue weighted by Crippen LogP contribution is 2.25. The maximum Gasteiger partial charge on any atom is 0.261 e. The minimum Gasteiger partial charge on any atom is -0.508 e. The normalized spacial score (nSPS) is 14.3. The summed E-state index contributed by atoms with van der Waals surface area (Å²) in [5.74, 6) is -0.566. The minimum atomic E-state index is -0.445. The van der Waals surface area contributed by atoms with Crippen molar-refractivity contribution in [3.63, 3.8) is 0 Å². The molecule has 0 saturated heterocycles. The summed E-state index contributed by atoms with van der Waals surface area (Å²) < 4.78 is 0. The number of fused-ring (bicyclic) bond motifs is 1. The van der Waals surface area contributed by atoms with Crippen LogP contribution < -0.4 is 5.73 Å². The molecule has 1 unspecified atom stereocenters. The highest BCUT2D eigenvalue weighted by atomic mass is 35.5. The van der Waals surface area contributed by atoms with Crippen LogP contribution in [0.3, 0.4) is 0 Å². The summed E-state index contributed by atoms with van der Waals surface area (Å²) in [7, 11) is 0. The molecule has 1 aliphatic heterocycles. The molecular weight excluding hydrogens is 351 g/mol. The lowest BCUT2D eigenvalue weighted by atomic mass is 10.1. The van der Waals surface area contributed by atoms with Gasteiger partial charge in [0.2, 0.25) is 0 Å². The molecule has 0 aromatic heterocycles. The fraction of sp³-hybridized carbons (Fsp3) is 0.176. The van der Waals surface area contributed by atoms with E-state index in [0.29, 0.717) is 22.6 Å². The van der Waals surface area contributed by atoms with Crippen LogP contribution in [0.5, 0.6) is 5.75 Å². The van der Waals surface area contributed by atoms with Crippen molar-refractivity contribution in [3.05, 3.63) is 64.2 Å². The van der Waals surface area contributed by atoms with Crippen molar-refractivity contribution in [1.82, 2.24) is 4.90 Å². The van der Waals surface area contributed by atoms with Gasteiger partial charge in [0.1, 0.15) is 5.75 Å². The van der Waals surface area contributed by atoms with Gasteiger partial charge in [-0.05, 0) is 36.2 Å². The standard InChI is InChI=1S/C17H15ClN2O3.ClH/c18-15-8-12(21)6-5-10(15)7-11(19)9-20-16(22)13-3-1-2-4-14(13)17(20)23;/h1-6,8,11,21H,7,9,19H2;1H. The number of aromatic hydroxyl groups is 1. The van der Waals surface area contributed by atoms with Crippen LogP contribution in [-0.4, -0.2) is 34.4 Å². The van der Waals surface area contributed by atoms with E-state index in [1.54, 1.807) is 30.3 Å². The monoisotopic (exact) mass is 366 g/mol. The van der Waals surface area contributed by atoms with E-state index in [-0.39, 0.29) is 36.5 Å². The van der Waals surface area contributed by atoms with Crippen LogP contribution in [0.25, 0.3) is 0 Å². The molecule has 1 aliphatic rings. The van der Waals surface area contributed by atoms with E-state index in [1.165, 1.54) is 17.0 Å². The number of phenols is 1. The number of carbonyl (C=O) groups excluding carboxylic acids is 2. The van der Waals surface area contributed by atoms with Crippen LogP contribution in [-0.2, 0) is 6.42 Å². The first-order valence-corrected chi connectivity index (χ1v) is 7.53. The fourth-order valence-electron chi connectivity index (χ4n) is 2.69. The molecule has 3 N–H and O–H groups in total. The number of rotatable bonds is 4. The van der Waals surface area contributed by atoms with E-state index in [9.17, 15) is 14.7 Å². The van der Waals surface area contributed by atoms with Gasteiger partial charge in [0, 0.05) is 17.6 Å². The predicted molar refractivity (Wildman–Crippen MR) is 93.9 cm³/mol. The van der Waals surface area contributed by atoms with Crippen molar-refractivity contribution in [1.29, 1.82) is 0 Å². The molecule has 2 amide bonds. The SMILES string of the molecule is Cl.NC(Cc1ccc(O)cc1Cl)CN1C(=O)c2ccccc2C1=O. The molecule has 2 aromatic rings. The number of halogens is 2. The largest absolute Gasteiger partial charge is 0.508 e. The van der Waals surface area contributed by atoms with Gasteiger partial charge in [-0.2, -0.15) is 0 Å². The third-order valence-electron chi connectivity index (χ3n) is 3.81. The van der Waals surface area contributed by atoms with Crippen molar-refractivity contribution >= 4 is 35.8 Å². The Balaban J connectivity index is 0.00000208. The fourth-order valence-corrected chi connectivity index (χ4v) is 2.94. The van der Waals surface area contributed by atoms with E-state index in [1.807, 2.05) is 0 Å². The molecule has 5 nitrogen and oxygen atoms in total. The lowest BCUT2D eigenvalue weighted by Gasteiger charge is -2.19. The highest BCUT2D eigenvalue weighted by Gasteiger charge is 2.35. The average Bonchev–Trinajstić information content (AvgIpc) is 2.76. The van der Waals surface area contributed by atoms with Crippen LogP contribution in [0.1, 0.15) is 26.3 Å². The van der Waals surface area contributed by atoms with Crippen molar-refractivity contribution < 1.29 is 14.7 Å². The smallest absolute Gasteiger partial charge is 0.261 e. The number of hydrogen-bond donors (Lipinski definition) is 2. The number of benzene rings is 2. The Labute approximate surface area is 150 Å². The topological polar surface area (TPSA) is 83.6 Å². The molecule has 7 heteroatoms. The second kappa shape index (κ2) is 7.21. The number of amides is 2. The Hall–Kier alpha value is -2.08. The molecule has 0 spiro atoms. The molecule has 0 aliphatic carbocycles.